The molecule has 0 unspecified atom stereocenters. The van der Waals surface area contributed by atoms with Crippen LogP contribution in [-0.2, 0) is 16.1 Å². The van der Waals surface area contributed by atoms with Crippen molar-refractivity contribution in [1.82, 2.24) is 0 Å². The summed E-state index contributed by atoms with van der Waals surface area (Å²) in [4.78, 5) is 0. The van der Waals surface area contributed by atoms with Crippen LogP contribution in [0.3, 0.4) is 0 Å². The third kappa shape index (κ3) is 5.04. The van der Waals surface area contributed by atoms with E-state index >= 15 is 0 Å². The predicted molar refractivity (Wildman–Crippen MR) is 109 cm³/mol. The van der Waals surface area contributed by atoms with Crippen LogP contribution in [0.25, 0.3) is 0 Å². The fourth-order valence-electron chi connectivity index (χ4n) is 4.52. The fourth-order valence-corrected chi connectivity index (χ4v) is 13.0. The van der Waals surface area contributed by atoms with Gasteiger partial charge in [0.05, 0.1) is 35.0 Å². The first-order chi connectivity index (χ1) is 11.1. The lowest BCUT2D eigenvalue weighted by Gasteiger charge is -2.39. The summed E-state index contributed by atoms with van der Waals surface area (Å²) in [6.45, 7) is 18.9. The Labute approximate surface area is 151 Å². The average Bonchev–Trinajstić information content (AvgIpc) is 2.81. The topological polar surface area (TPSA) is 18.5 Å². The van der Waals surface area contributed by atoms with Gasteiger partial charge < -0.3 is 9.47 Å². The SMILES string of the molecule is C[C@@H]1O[C@H](CCOCc2ccccc2)[C@H]([Si](C)(C)C)[C@H]1[Si](C)(C)C. The molecule has 0 radical (unpaired) electrons. The number of ether oxygens (including phenoxy) is 2. The summed E-state index contributed by atoms with van der Waals surface area (Å²) < 4.78 is 12.4. The van der Waals surface area contributed by atoms with Crippen molar-refractivity contribution in [3.8, 4) is 0 Å². The summed E-state index contributed by atoms with van der Waals surface area (Å²) >= 11 is 0. The maximum atomic E-state index is 6.48. The number of rotatable bonds is 7. The second-order valence-corrected chi connectivity index (χ2v) is 20.3. The molecule has 0 saturated carbocycles. The van der Waals surface area contributed by atoms with Gasteiger partial charge in [-0.1, -0.05) is 69.6 Å². The van der Waals surface area contributed by atoms with Crippen LogP contribution in [0, 0.1) is 0 Å². The molecule has 0 bridgehead atoms. The number of hydrogen-bond acceptors (Lipinski definition) is 2. The molecule has 136 valence electrons. The van der Waals surface area contributed by atoms with Gasteiger partial charge in [0.15, 0.2) is 0 Å². The summed E-state index contributed by atoms with van der Waals surface area (Å²) in [5.41, 5.74) is 2.79. The van der Waals surface area contributed by atoms with Gasteiger partial charge in [0.25, 0.3) is 0 Å². The second kappa shape index (κ2) is 7.85. The first kappa shape index (κ1) is 19.9. The Kier molecular flexibility index (Phi) is 6.51. The lowest BCUT2D eigenvalue weighted by molar-refractivity contribution is 0.0229. The number of benzene rings is 1. The van der Waals surface area contributed by atoms with E-state index in [2.05, 4.69) is 70.5 Å². The maximum Gasteiger partial charge on any atom is 0.0716 e. The van der Waals surface area contributed by atoms with E-state index in [1.807, 2.05) is 6.07 Å². The van der Waals surface area contributed by atoms with Crippen molar-refractivity contribution in [3.05, 3.63) is 35.9 Å². The van der Waals surface area contributed by atoms with Crippen LogP contribution < -0.4 is 0 Å². The van der Waals surface area contributed by atoms with Crippen LogP contribution in [0.2, 0.25) is 50.4 Å². The quantitative estimate of drug-likeness (QED) is 0.450. The molecule has 0 aromatic heterocycles. The van der Waals surface area contributed by atoms with Gasteiger partial charge in [-0.05, 0) is 30.0 Å². The molecule has 1 saturated heterocycles. The van der Waals surface area contributed by atoms with E-state index in [4.69, 9.17) is 9.47 Å². The molecule has 1 fully saturated rings. The van der Waals surface area contributed by atoms with Gasteiger partial charge in [-0.2, -0.15) is 0 Å². The lowest BCUT2D eigenvalue weighted by atomic mass is 10.1. The highest BCUT2D eigenvalue weighted by atomic mass is 28.3. The Balaban J connectivity index is 1.95. The van der Waals surface area contributed by atoms with Gasteiger partial charge in [-0.3, -0.25) is 0 Å². The van der Waals surface area contributed by atoms with Gasteiger partial charge in [-0.15, -0.1) is 0 Å². The van der Waals surface area contributed by atoms with E-state index in [1.54, 1.807) is 0 Å². The van der Waals surface area contributed by atoms with Crippen molar-refractivity contribution in [3.63, 3.8) is 0 Å². The molecule has 2 nitrogen and oxygen atoms in total. The standard InChI is InChI=1S/C20H36O2Si2/c1-16-19(23(2,3)4)20(24(5,6)7)18(22-16)13-14-21-15-17-11-9-8-10-12-17/h8-12,16,18-20H,13-15H2,1-7H3/t16-,18+,19-,20-/m0/s1. The molecule has 1 aromatic carbocycles. The van der Waals surface area contributed by atoms with E-state index in [1.165, 1.54) is 5.56 Å². The van der Waals surface area contributed by atoms with Crippen molar-refractivity contribution in [2.75, 3.05) is 6.61 Å². The molecular formula is C20H36O2Si2. The summed E-state index contributed by atoms with van der Waals surface area (Å²) in [7, 11) is -2.51. The molecule has 24 heavy (non-hydrogen) atoms. The third-order valence-electron chi connectivity index (χ3n) is 5.34. The Morgan fingerprint density at radius 2 is 1.50 bits per heavy atom. The second-order valence-electron chi connectivity index (χ2n) is 9.49. The Morgan fingerprint density at radius 1 is 0.917 bits per heavy atom. The number of hydrogen-bond donors (Lipinski definition) is 0. The molecular weight excluding hydrogens is 328 g/mol. The van der Waals surface area contributed by atoms with Crippen LogP contribution >= 0.6 is 0 Å². The minimum absolute atomic E-state index is 0.388. The molecule has 1 aliphatic heterocycles. The van der Waals surface area contributed by atoms with Crippen molar-refractivity contribution in [2.24, 2.45) is 0 Å². The minimum atomic E-state index is -1.27. The third-order valence-corrected chi connectivity index (χ3v) is 11.2. The Morgan fingerprint density at radius 3 is 2.04 bits per heavy atom. The molecule has 0 spiro atoms. The zero-order chi connectivity index (χ0) is 18.0. The highest BCUT2D eigenvalue weighted by Gasteiger charge is 2.52. The van der Waals surface area contributed by atoms with E-state index in [-0.39, 0.29) is 0 Å². The summed E-state index contributed by atoms with van der Waals surface area (Å²) in [6, 6.07) is 10.4. The normalized spacial score (nSPS) is 28.3. The Hall–Kier alpha value is -0.426. The van der Waals surface area contributed by atoms with Crippen LogP contribution in [0.15, 0.2) is 30.3 Å². The molecule has 1 aromatic rings. The zero-order valence-electron chi connectivity index (χ0n) is 16.6. The monoisotopic (exact) mass is 364 g/mol. The van der Waals surface area contributed by atoms with Gasteiger partial charge in [0.1, 0.15) is 0 Å². The minimum Gasteiger partial charge on any atom is -0.377 e. The van der Waals surface area contributed by atoms with Gasteiger partial charge in [0, 0.05) is 6.61 Å². The van der Waals surface area contributed by atoms with Gasteiger partial charge in [0.2, 0.25) is 0 Å². The Bertz CT molecular complexity index is 505. The van der Waals surface area contributed by atoms with E-state index in [0.717, 1.165) is 24.1 Å². The maximum absolute atomic E-state index is 6.48. The highest BCUT2D eigenvalue weighted by Crippen LogP contribution is 2.53. The molecule has 1 aliphatic rings. The van der Waals surface area contributed by atoms with Crippen LogP contribution in [0.5, 0.6) is 0 Å². The fraction of sp³-hybridized carbons (Fsp3) is 0.700. The molecule has 1 heterocycles. The first-order valence-corrected chi connectivity index (χ1v) is 16.5. The summed E-state index contributed by atoms with van der Waals surface area (Å²) in [5.74, 6) is 0. The molecule has 0 amide bonds. The van der Waals surface area contributed by atoms with Gasteiger partial charge in [-0.25, -0.2) is 0 Å². The predicted octanol–water partition coefficient (Wildman–Crippen LogP) is 5.80. The first-order valence-electron chi connectivity index (χ1n) is 9.38. The smallest absolute Gasteiger partial charge is 0.0716 e. The van der Waals surface area contributed by atoms with E-state index in [9.17, 15) is 0 Å². The van der Waals surface area contributed by atoms with Gasteiger partial charge >= 0.3 is 0 Å². The van der Waals surface area contributed by atoms with Crippen molar-refractivity contribution >= 4 is 16.1 Å². The van der Waals surface area contributed by atoms with Crippen molar-refractivity contribution in [2.45, 2.75) is 82.5 Å². The molecule has 0 N–H and O–H groups in total. The molecule has 4 heteroatoms. The van der Waals surface area contributed by atoms with Crippen molar-refractivity contribution < 1.29 is 9.47 Å². The van der Waals surface area contributed by atoms with Crippen LogP contribution in [0.4, 0.5) is 0 Å². The van der Waals surface area contributed by atoms with Crippen LogP contribution in [0.1, 0.15) is 18.9 Å². The van der Waals surface area contributed by atoms with E-state index < -0.39 is 16.1 Å². The van der Waals surface area contributed by atoms with E-state index in [0.29, 0.717) is 18.8 Å². The zero-order valence-corrected chi connectivity index (χ0v) is 18.6. The molecule has 0 aliphatic carbocycles. The largest absolute Gasteiger partial charge is 0.377 e. The highest BCUT2D eigenvalue weighted by molar-refractivity contribution is 6.83. The summed E-state index contributed by atoms with van der Waals surface area (Å²) in [6.07, 6.45) is 1.83. The molecule has 2 rings (SSSR count). The lowest BCUT2D eigenvalue weighted by Crippen LogP contribution is -2.43. The molecule has 4 atom stereocenters. The summed E-state index contributed by atoms with van der Waals surface area (Å²) in [5, 5.41) is 0. The van der Waals surface area contributed by atoms with Crippen molar-refractivity contribution in [1.29, 1.82) is 0 Å². The van der Waals surface area contributed by atoms with Crippen LogP contribution in [-0.4, -0.2) is 35.0 Å². The average molecular weight is 365 g/mol.